The number of aliphatic hydroxyl groups is 1. The number of hydrogen-bond acceptors (Lipinski definition) is 4. The van der Waals surface area contributed by atoms with Crippen molar-refractivity contribution in [1.29, 1.82) is 0 Å². The maximum Gasteiger partial charge on any atom is 0.262 e. The van der Waals surface area contributed by atoms with E-state index < -0.39 is 10.0 Å². The van der Waals surface area contributed by atoms with Crippen LogP contribution < -0.4 is 9.46 Å². The van der Waals surface area contributed by atoms with Crippen LogP contribution in [0.15, 0.2) is 47.4 Å². The van der Waals surface area contributed by atoms with Gasteiger partial charge in [-0.3, -0.25) is 4.72 Å². The maximum atomic E-state index is 12.5. The predicted molar refractivity (Wildman–Crippen MR) is 80.9 cm³/mol. The van der Waals surface area contributed by atoms with Crippen LogP contribution in [0.25, 0.3) is 0 Å². The van der Waals surface area contributed by atoms with Gasteiger partial charge in [-0.25, -0.2) is 8.42 Å². The van der Waals surface area contributed by atoms with Crippen molar-refractivity contribution in [3.8, 4) is 5.75 Å². The molecule has 0 saturated heterocycles. The van der Waals surface area contributed by atoms with Crippen LogP contribution in [0, 0.1) is 6.92 Å². The molecule has 2 N–H and O–H groups in total. The highest BCUT2D eigenvalue weighted by molar-refractivity contribution is 7.92. The molecule has 2 aromatic carbocycles. The van der Waals surface area contributed by atoms with Crippen LogP contribution in [0.1, 0.15) is 11.1 Å². The Kier molecular flexibility index (Phi) is 4.50. The van der Waals surface area contributed by atoms with E-state index in [1.54, 1.807) is 43.3 Å². The molecule has 0 aliphatic carbocycles. The first kappa shape index (κ1) is 15.3. The first-order chi connectivity index (χ1) is 9.99. The zero-order valence-corrected chi connectivity index (χ0v) is 12.6. The summed E-state index contributed by atoms with van der Waals surface area (Å²) in [5.41, 5.74) is 1.48. The number of aliphatic hydroxyl groups excluding tert-OH is 1. The molecule has 0 aliphatic rings. The number of methoxy groups -OCH3 is 1. The van der Waals surface area contributed by atoms with Gasteiger partial charge >= 0.3 is 0 Å². The van der Waals surface area contributed by atoms with Gasteiger partial charge < -0.3 is 9.84 Å². The van der Waals surface area contributed by atoms with Crippen molar-refractivity contribution in [3.05, 3.63) is 53.6 Å². The number of benzene rings is 2. The van der Waals surface area contributed by atoms with Gasteiger partial charge in [-0.1, -0.05) is 24.3 Å². The molecule has 0 amide bonds. The van der Waals surface area contributed by atoms with Crippen molar-refractivity contribution < 1.29 is 18.3 Å². The smallest absolute Gasteiger partial charge is 0.262 e. The van der Waals surface area contributed by atoms with Crippen LogP contribution in [0.3, 0.4) is 0 Å². The summed E-state index contributed by atoms with van der Waals surface area (Å²) in [5, 5.41) is 9.25. The molecule has 0 aliphatic heterocycles. The zero-order chi connectivity index (χ0) is 15.5. The first-order valence-electron chi connectivity index (χ1n) is 6.35. The summed E-state index contributed by atoms with van der Waals surface area (Å²) < 4.78 is 32.7. The summed E-state index contributed by atoms with van der Waals surface area (Å²) in [4.78, 5) is 0.139. The van der Waals surface area contributed by atoms with Crippen LogP contribution in [0.5, 0.6) is 5.75 Å². The second kappa shape index (κ2) is 6.15. The lowest BCUT2D eigenvalue weighted by atomic mass is 10.1. The Morgan fingerprint density at radius 3 is 2.52 bits per heavy atom. The standard InChI is InChI=1S/C15H17NO4S/c1-11-12(10-17)6-5-9-15(11)21(18,19)16-13-7-3-4-8-14(13)20-2/h3-9,16-17H,10H2,1-2H3. The van der Waals surface area contributed by atoms with E-state index in [4.69, 9.17) is 4.74 Å². The first-order valence-corrected chi connectivity index (χ1v) is 7.83. The fourth-order valence-corrected chi connectivity index (χ4v) is 3.41. The summed E-state index contributed by atoms with van der Waals surface area (Å²) in [5.74, 6) is 0.442. The molecule has 0 spiro atoms. The van der Waals surface area contributed by atoms with Gasteiger partial charge in [0.25, 0.3) is 10.0 Å². The van der Waals surface area contributed by atoms with Crippen molar-refractivity contribution in [2.24, 2.45) is 0 Å². The molecule has 0 radical (unpaired) electrons. The van der Waals surface area contributed by atoms with Crippen molar-refractivity contribution in [2.75, 3.05) is 11.8 Å². The molecule has 0 unspecified atom stereocenters. The number of ether oxygens (including phenoxy) is 1. The van der Waals surface area contributed by atoms with E-state index in [9.17, 15) is 13.5 Å². The Hall–Kier alpha value is -2.05. The van der Waals surface area contributed by atoms with Crippen LogP contribution >= 0.6 is 0 Å². The number of nitrogens with one attached hydrogen (secondary N) is 1. The van der Waals surface area contributed by atoms with Crippen molar-refractivity contribution in [2.45, 2.75) is 18.4 Å². The summed E-state index contributed by atoms with van der Waals surface area (Å²) in [6.07, 6.45) is 0. The summed E-state index contributed by atoms with van der Waals surface area (Å²) in [6, 6.07) is 11.6. The van der Waals surface area contributed by atoms with Gasteiger partial charge in [-0.05, 0) is 36.2 Å². The van der Waals surface area contributed by atoms with Crippen molar-refractivity contribution in [3.63, 3.8) is 0 Å². The Labute approximate surface area is 124 Å². The topological polar surface area (TPSA) is 75.6 Å². The summed E-state index contributed by atoms with van der Waals surface area (Å²) in [6.45, 7) is 1.46. The van der Waals surface area contributed by atoms with E-state index >= 15 is 0 Å². The number of rotatable bonds is 5. The van der Waals surface area contributed by atoms with Crippen LogP contribution in [-0.4, -0.2) is 20.6 Å². The molecule has 6 heteroatoms. The zero-order valence-electron chi connectivity index (χ0n) is 11.8. The van der Waals surface area contributed by atoms with Gasteiger partial charge in [-0.15, -0.1) is 0 Å². The minimum Gasteiger partial charge on any atom is -0.495 e. The van der Waals surface area contributed by atoms with Gasteiger partial charge in [0.2, 0.25) is 0 Å². The van der Waals surface area contributed by atoms with Crippen LogP contribution in [0.2, 0.25) is 0 Å². The maximum absolute atomic E-state index is 12.5. The fraction of sp³-hybridized carbons (Fsp3) is 0.200. The molecule has 21 heavy (non-hydrogen) atoms. The monoisotopic (exact) mass is 307 g/mol. The Morgan fingerprint density at radius 1 is 1.14 bits per heavy atom. The average Bonchev–Trinajstić information content (AvgIpc) is 2.47. The normalized spacial score (nSPS) is 11.2. The van der Waals surface area contributed by atoms with Gasteiger partial charge in [0.15, 0.2) is 0 Å². The molecule has 0 aromatic heterocycles. The van der Waals surface area contributed by atoms with Crippen molar-refractivity contribution in [1.82, 2.24) is 0 Å². The van der Waals surface area contributed by atoms with Crippen LogP contribution in [-0.2, 0) is 16.6 Å². The molecule has 0 heterocycles. The van der Waals surface area contributed by atoms with Crippen molar-refractivity contribution >= 4 is 15.7 Å². The highest BCUT2D eigenvalue weighted by Gasteiger charge is 2.19. The number of hydrogen-bond donors (Lipinski definition) is 2. The third-order valence-corrected chi connectivity index (χ3v) is 4.72. The van der Waals surface area contributed by atoms with Crippen LogP contribution in [0.4, 0.5) is 5.69 Å². The van der Waals surface area contributed by atoms with E-state index in [-0.39, 0.29) is 11.5 Å². The molecule has 0 saturated carbocycles. The quantitative estimate of drug-likeness (QED) is 0.888. The second-order valence-corrected chi connectivity index (χ2v) is 6.15. The Bertz CT molecular complexity index is 741. The van der Waals surface area contributed by atoms with E-state index in [1.165, 1.54) is 13.2 Å². The van der Waals surface area contributed by atoms with E-state index in [0.717, 1.165) is 0 Å². The molecule has 5 nitrogen and oxygen atoms in total. The third kappa shape index (κ3) is 3.17. The van der Waals surface area contributed by atoms with E-state index in [1.807, 2.05) is 0 Å². The number of para-hydroxylation sites is 2. The molecular formula is C15H17NO4S. The lowest BCUT2D eigenvalue weighted by molar-refractivity contribution is 0.280. The van der Waals surface area contributed by atoms with Gasteiger partial charge in [0.05, 0.1) is 24.3 Å². The SMILES string of the molecule is COc1ccccc1NS(=O)(=O)c1cccc(CO)c1C. The highest BCUT2D eigenvalue weighted by Crippen LogP contribution is 2.27. The minimum atomic E-state index is -3.75. The molecule has 0 bridgehead atoms. The second-order valence-electron chi connectivity index (χ2n) is 4.50. The van der Waals surface area contributed by atoms with Gasteiger partial charge in [0.1, 0.15) is 5.75 Å². The van der Waals surface area contributed by atoms with E-state index in [0.29, 0.717) is 22.6 Å². The third-order valence-electron chi connectivity index (χ3n) is 3.21. The Morgan fingerprint density at radius 2 is 1.86 bits per heavy atom. The van der Waals surface area contributed by atoms with Gasteiger partial charge in [0, 0.05) is 0 Å². The molecular weight excluding hydrogens is 290 g/mol. The Balaban J connectivity index is 2.44. The largest absolute Gasteiger partial charge is 0.495 e. The summed E-state index contributed by atoms with van der Waals surface area (Å²) >= 11 is 0. The van der Waals surface area contributed by atoms with Gasteiger partial charge in [-0.2, -0.15) is 0 Å². The lowest BCUT2D eigenvalue weighted by Crippen LogP contribution is -2.15. The van der Waals surface area contributed by atoms with E-state index in [2.05, 4.69) is 4.72 Å². The summed E-state index contributed by atoms with van der Waals surface area (Å²) in [7, 11) is -2.27. The predicted octanol–water partition coefficient (Wildman–Crippen LogP) is 2.30. The molecule has 2 aromatic rings. The molecule has 0 fully saturated rings. The molecule has 2 rings (SSSR count). The minimum absolute atomic E-state index is 0.139. The average molecular weight is 307 g/mol. The highest BCUT2D eigenvalue weighted by atomic mass is 32.2. The fourth-order valence-electron chi connectivity index (χ4n) is 2.05. The number of sulfonamides is 1. The molecule has 112 valence electrons. The molecule has 0 atom stereocenters. The number of anilines is 1. The lowest BCUT2D eigenvalue weighted by Gasteiger charge is -2.14.